The Morgan fingerprint density at radius 2 is 1.78 bits per heavy atom. The van der Waals surface area contributed by atoms with Crippen LogP contribution in [0.3, 0.4) is 0 Å². The number of nitrogens with zero attached hydrogens (tertiary/aromatic N) is 1. The molecule has 1 heterocycles. The van der Waals surface area contributed by atoms with Crippen molar-refractivity contribution in [3.63, 3.8) is 0 Å². The number of carbonyl (C=O) groups is 1. The zero-order chi connectivity index (χ0) is 22.3. The van der Waals surface area contributed by atoms with Crippen molar-refractivity contribution in [2.24, 2.45) is 0 Å². The largest absolute Gasteiger partial charge is 0.494 e. The van der Waals surface area contributed by atoms with Crippen molar-refractivity contribution >= 4 is 16.9 Å². The van der Waals surface area contributed by atoms with Gasteiger partial charge in [0, 0.05) is 24.8 Å². The first-order valence-electron chi connectivity index (χ1n) is 10.8. The normalized spacial score (nSPS) is 11.9. The number of hydrogen-bond acceptors (Lipinski definition) is 4. The second-order valence-electron chi connectivity index (χ2n) is 7.36. The Balaban J connectivity index is 1.51. The number of ether oxygens (including phenoxy) is 2. The van der Waals surface area contributed by atoms with E-state index in [4.69, 9.17) is 14.5 Å². The lowest BCUT2D eigenvalue weighted by molar-refractivity contribution is 0.0858. The van der Waals surface area contributed by atoms with Gasteiger partial charge < -0.3 is 19.8 Å². The molecule has 0 saturated heterocycles. The molecule has 1 unspecified atom stereocenters. The molecule has 32 heavy (non-hydrogen) atoms. The number of imidazole rings is 1. The topological polar surface area (TPSA) is 76.2 Å². The highest BCUT2D eigenvalue weighted by atomic mass is 16.5. The Kier molecular flexibility index (Phi) is 6.82. The predicted octanol–water partition coefficient (Wildman–Crippen LogP) is 5.02. The molecule has 2 N–H and O–H groups in total. The number of amides is 1. The first-order chi connectivity index (χ1) is 15.7. The van der Waals surface area contributed by atoms with Crippen LogP contribution in [0, 0.1) is 0 Å². The highest BCUT2D eigenvalue weighted by molar-refractivity contribution is 5.94. The van der Waals surface area contributed by atoms with Crippen LogP contribution in [0.2, 0.25) is 0 Å². The van der Waals surface area contributed by atoms with Crippen LogP contribution in [-0.2, 0) is 11.3 Å². The van der Waals surface area contributed by atoms with Gasteiger partial charge in [0.15, 0.2) is 0 Å². The van der Waals surface area contributed by atoms with Gasteiger partial charge in [0.1, 0.15) is 17.7 Å². The van der Waals surface area contributed by atoms with E-state index in [-0.39, 0.29) is 12.0 Å². The highest BCUT2D eigenvalue weighted by Gasteiger charge is 2.19. The zero-order valence-electron chi connectivity index (χ0n) is 18.3. The molecule has 1 amide bonds. The van der Waals surface area contributed by atoms with Gasteiger partial charge in [0.25, 0.3) is 5.91 Å². The Hall–Kier alpha value is -3.64. The summed E-state index contributed by atoms with van der Waals surface area (Å²) in [7, 11) is 0. The van der Waals surface area contributed by atoms with Crippen molar-refractivity contribution in [3.05, 3.63) is 95.3 Å². The summed E-state index contributed by atoms with van der Waals surface area (Å²) in [6.07, 6.45) is -0.357. The van der Waals surface area contributed by atoms with Gasteiger partial charge in [-0.3, -0.25) is 4.79 Å². The number of aromatic nitrogens is 2. The molecule has 0 aliphatic rings. The minimum Gasteiger partial charge on any atom is -0.494 e. The van der Waals surface area contributed by atoms with Gasteiger partial charge in [-0.05, 0) is 49.2 Å². The van der Waals surface area contributed by atoms with Crippen LogP contribution >= 0.6 is 0 Å². The van der Waals surface area contributed by atoms with E-state index in [0.717, 1.165) is 33.7 Å². The van der Waals surface area contributed by atoms with Crippen LogP contribution in [0.4, 0.5) is 0 Å². The molecule has 0 bridgehead atoms. The van der Waals surface area contributed by atoms with Gasteiger partial charge >= 0.3 is 0 Å². The minimum absolute atomic E-state index is 0.111. The molecule has 4 rings (SSSR count). The van der Waals surface area contributed by atoms with Crippen LogP contribution in [0.25, 0.3) is 11.0 Å². The van der Waals surface area contributed by atoms with Crippen molar-refractivity contribution in [2.75, 3.05) is 13.2 Å². The lowest BCUT2D eigenvalue weighted by Crippen LogP contribution is -2.22. The molecule has 0 aliphatic heterocycles. The maximum absolute atomic E-state index is 12.5. The second kappa shape index (κ2) is 10.1. The van der Waals surface area contributed by atoms with Crippen molar-refractivity contribution in [1.82, 2.24) is 15.3 Å². The quantitative estimate of drug-likeness (QED) is 0.392. The number of H-pyrrole nitrogens is 1. The summed E-state index contributed by atoms with van der Waals surface area (Å²) in [5, 5.41) is 2.95. The third kappa shape index (κ3) is 4.98. The SMILES string of the molecule is CCOc1ccc2nc(C(OCC)c3ccc(C(=O)NCc4ccccc4)cc3)[nH]c2c1. The molecule has 4 aromatic rings. The maximum Gasteiger partial charge on any atom is 0.251 e. The molecule has 0 aliphatic carbocycles. The summed E-state index contributed by atoms with van der Waals surface area (Å²) in [4.78, 5) is 20.6. The Morgan fingerprint density at radius 3 is 2.50 bits per heavy atom. The lowest BCUT2D eigenvalue weighted by Gasteiger charge is -2.15. The van der Waals surface area contributed by atoms with Gasteiger partial charge in [0.05, 0.1) is 17.6 Å². The van der Waals surface area contributed by atoms with E-state index in [0.29, 0.717) is 25.3 Å². The van der Waals surface area contributed by atoms with Crippen molar-refractivity contribution in [1.29, 1.82) is 0 Å². The van der Waals surface area contributed by atoms with E-state index in [1.807, 2.05) is 86.6 Å². The molecule has 6 heteroatoms. The van der Waals surface area contributed by atoms with Crippen LogP contribution in [0.1, 0.15) is 47.3 Å². The second-order valence-corrected chi connectivity index (χ2v) is 7.36. The molecule has 0 fully saturated rings. The fraction of sp³-hybridized carbons (Fsp3) is 0.231. The van der Waals surface area contributed by atoms with Crippen LogP contribution in [0.5, 0.6) is 5.75 Å². The first-order valence-corrected chi connectivity index (χ1v) is 10.8. The molecule has 6 nitrogen and oxygen atoms in total. The number of carbonyl (C=O) groups excluding carboxylic acids is 1. The van der Waals surface area contributed by atoms with Crippen molar-refractivity contribution in [2.45, 2.75) is 26.5 Å². The van der Waals surface area contributed by atoms with E-state index in [1.165, 1.54) is 0 Å². The Labute approximate surface area is 187 Å². The maximum atomic E-state index is 12.5. The zero-order valence-corrected chi connectivity index (χ0v) is 18.3. The van der Waals surface area contributed by atoms with Gasteiger partial charge in [-0.2, -0.15) is 0 Å². The van der Waals surface area contributed by atoms with Gasteiger partial charge in [0.2, 0.25) is 0 Å². The van der Waals surface area contributed by atoms with Crippen LogP contribution < -0.4 is 10.1 Å². The number of aromatic amines is 1. The first kappa shape index (κ1) is 21.6. The van der Waals surface area contributed by atoms with E-state index in [1.54, 1.807) is 0 Å². The van der Waals surface area contributed by atoms with Crippen LogP contribution in [-0.4, -0.2) is 29.1 Å². The summed E-state index contributed by atoms with van der Waals surface area (Å²) in [5.74, 6) is 1.41. The molecule has 164 valence electrons. The molecule has 0 saturated carbocycles. The number of fused-ring (bicyclic) bond motifs is 1. The Bertz CT molecular complexity index is 1170. The number of nitrogens with one attached hydrogen (secondary N) is 2. The standard InChI is InChI=1S/C26H27N3O3/c1-3-31-21-14-15-22-23(16-21)29-25(28-22)24(32-4-2)19-10-12-20(13-11-19)26(30)27-17-18-8-6-5-7-9-18/h5-16,24H,3-4,17H2,1-2H3,(H,27,30)(H,28,29). The molecular formula is C26H27N3O3. The smallest absolute Gasteiger partial charge is 0.251 e. The summed E-state index contributed by atoms with van der Waals surface area (Å²) in [5.41, 5.74) is 4.34. The Morgan fingerprint density at radius 1 is 1.00 bits per heavy atom. The molecule has 1 aromatic heterocycles. The predicted molar refractivity (Wildman–Crippen MR) is 125 cm³/mol. The third-order valence-corrected chi connectivity index (χ3v) is 5.14. The van der Waals surface area contributed by atoms with E-state index < -0.39 is 0 Å². The van der Waals surface area contributed by atoms with Crippen molar-refractivity contribution in [3.8, 4) is 5.75 Å². The lowest BCUT2D eigenvalue weighted by atomic mass is 10.1. The van der Waals surface area contributed by atoms with Crippen molar-refractivity contribution < 1.29 is 14.3 Å². The van der Waals surface area contributed by atoms with Gasteiger partial charge in [-0.1, -0.05) is 42.5 Å². The monoisotopic (exact) mass is 429 g/mol. The molecule has 1 atom stereocenters. The molecule has 0 radical (unpaired) electrons. The fourth-order valence-electron chi connectivity index (χ4n) is 3.58. The summed E-state index contributed by atoms with van der Waals surface area (Å²) >= 11 is 0. The van der Waals surface area contributed by atoms with Gasteiger partial charge in [-0.15, -0.1) is 0 Å². The number of hydrogen-bond donors (Lipinski definition) is 2. The van der Waals surface area contributed by atoms with Gasteiger partial charge in [-0.25, -0.2) is 4.98 Å². The highest BCUT2D eigenvalue weighted by Crippen LogP contribution is 2.28. The summed E-state index contributed by atoms with van der Waals surface area (Å²) in [6.45, 7) is 5.55. The number of benzene rings is 3. The third-order valence-electron chi connectivity index (χ3n) is 5.14. The molecule has 0 spiro atoms. The van der Waals surface area contributed by atoms with E-state index in [9.17, 15) is 4.79 Å². The average molecular weight is 430 g/mol. The molecular weight excluding hydrogens is 402 g/mol. The minimum atomic E-state index is -0.357. The summed E-state index contributed by atoms with van der Waals surface area (Å²) in [6, 6.07) is 23.1. The fourth-order valence-corrected chi connectivity index (χ4v) is 3.58. The molecule has 3 aromatic carbocycles. The summed E-state index contributed by atoms with van der Waals surface area (Å²) < 4.78 is 11.6. The average Bonchev–Trinajstić information content (AvgIpc) is 3.25. The van der Waals surface area contributed by atoms with E-state index >= 15 is 0 Å². The van der Waals surface area contributed by atoms with E-state index in [2.05, 4.69) is 10.3 Å². The van der Waals surface area contributed by atoms with Crippen LogP contribution in [0.15, 0.2) is 72.8 Å². The number of rotatable bonds is 9.